The first kappa shape index (κ1) is 12.6. The van der Waals surface area contributed by atoms with Crippen molar-refractivity contribution in [3.63, 3.8) is 0 Å². The Morgan fingerprint density at radius 2 is 2.27 bits per heavy atom. The molecule has 2 unspecified atom stereocenters. The van der Waals surface area contributed by atoms with Gasteiger partial charge < -0.3 is 4.74 Å². The molecule has 1 rings (SSSR count). The van der Waals surface area contributed by atoms with E-state index in [1.165, 1.54) is 25.7 Å². The molecule has 0 heterocycles. The summed E-state index contributed by atoms with van der Waals surface area (Å²) in [4.78, 5) is 0. The molecule has 0 radical (unpaired) electrons. The lowest BCUT2D eigenvalue weighted by atomic mass is 9.67. The van der Waals surface area contributed by atoms with E-state index in [9.17, 15) is 0 Å². The molecule has 2 atom stereocenters. The van der Waals surface area contributed by atoms with Crippen LogP contribution in [0.5, 0.6) is 0 Å². The van der Waals surface area contributed by atoms with Crippen LogP contribution >= 0.6 is 0 Å². The Labute approximate surface area is 94.6 Å². The smallest absolute Gasteiger partial charge is 0.0580 e. The standard InChI is InChI=1S/C14H24O/c1-5-6-10-15-13-8-7-9-14(4,11-13)12(2)3/h1,12-13H,6-11H2,2-4H3. The maximum atomic E-state index is 5.83. The highest BCUT2D eigenvalue weighted by Crippen LogP contribution is 2.42. The first-order valence-corrected chi connectivity index (χ1v) is 6.13. The van der Waals surface area contributed by atoms with Gasteiger partial charge in [0.2, 0.25) is 0 Å². The molecule has 86 valence electrons. The molecule has 1 fully saturated rings. The van der Waals surface area contributed by atoms with Crippen molar-refractivity contribution in [3.8, 4) is 12.3 Å². The van der Waals surface area contributed by atoms with Crippen molar-refractivity contribution in [1.82, 2.24) is 0 Å². The van der Waals surface area contributed by atoms with Gasteiger partial charge in [-0.25, -0.2) is 0 Å². The van der Waals surface area contributed by atoms with Gasteiger partial charge in [0.05, 0.1) is 12.7 Å². The van der Waals surface area contributed by atoms with E-state index in [-0.39, 0.29) is 0 Å². The third-order valence-electron chi connectivity index (χ3n) is 3.96. The third kappa shape index (κ3) is 3.54. The number of hydrogen-bond acceptors (Lipinski definition) is 1. The molecule has 1 saturated carbocycles. The molecule has 0 saturated heterocycles. The van der Waals surface area contributed by atoms with E-state index in [0.717, 1.165) is 18.9 Å². The van der Waals surface area contributed by atoms with Crippen LogP contribution in [0.1, 0.15) is 52.9 Å². The van der Waals surface area contributed by atoms with Gasteiger partial charge in [-0.05, 0) is 30.6 Å². The van der Waals surface area contributed by atoms with E-state index < -0.39 is 0 Å². The van der Waals surface area contributed by atoms with E-state index >= 15 is 0 Å². The van der Waals surface area contributed by atoms with Crippen molar-refractivity contribution in [2.24, 2.45) is 11.3 Å². The van der Waals surface area contributed by atoms with Crippen LogP contribution in [-0.4, -0.2) is 12.7 Å². The minimum Gasteiger partial charge on any atom is -0.377 e. The highest BCUT2D eigenvalue weighted by molar-refractivity contribution is 4.87. The molecule has 1 aliphatic rings. The molecule has 0 aromatic rings. The predicted octanol–water partition coefficient (Wildman–Crippen LogP) is 3.63. The average molecular weight is 208 g/mol. The maximum Gasteiger partial charge on any atom is 0.0580 e. The minimum absolute atomic E-state index is 0.444. The number of terminal acetylenes is 1. The van der Waals surface area contributed by atoms with E-state index in [2.05, 4.69) is 26.7 Å². The lowest BCUT2D eigenvalue weighted by Crippen LogP contribution is -2.34. The summed E-state index contributed by atoms with van der Waals surface area (Å²) in [6, 6.07) is 0. The summed E-state index contributed by atoms with van der Waals surface area (Å²) in [5, 5.41) is 0. The van der Waals surface area contributed by atoms with Gasteiger partial charge in [0.15, 0.2) is 0 Å². The molecule has 0 N–H and O–H groups in total. The molecule has 0 bridgehead atoms. The van der Waals surface area contributed by atoms with Crippen LogP contribution in [0.3, 0.4) is 0 Å². The van der Waals surface area contributed by atoms with Crippen LogP contribution in [0.15, 0.2) is 0 Å². The first-order valence-electron chi connectivity index (χ1n) is 6.13. The zero-order valence-electron chi connectivity index (χ0n) is 10.4. The molecule has 0 aromatic heterocycles. The molecule has 0 spiro atoms. The summed E-state index contributed by atoms with van der Waals surface area (Å²) in [6.07, 6.45) is 11.5. The highest BCUT2D eigenvalue weighted by Gasteiger charge is 2.34. The lowest BCUT2D eigenvalue weighted by molar-refractivity contribution is -0.0233. The van der Waals surface area contributed by atoms with Gasteiger partial charge >= 0.3 is 0 Å². The van der Waals surface area contributed by atoms with Crippen LogP contribution in [0.25, 0.3) is 0 Å². The van der Waals surface area contributed by atoms with Crippen molar-refractivity contribution in [2.45, 2.75) is 59.0 Å². The number of hydrogen-bond donors (Lipinski definition) is 0. The van der Waals surface area contributed by atoms with Gasteiger partial charge in [-0.15, -0.1) is 12.3 Å². The zero-order chi connectivity index (χ0) is 11.3. The van der Waals surface area contributed by atoms with Crippen LogP contribution in [0, 0.1) is 23.7 Å². The van der Waals surface area contributed by atoms with Crippen LogP contribution in [-0.2, 0) is 4.74 Å². The molecule has 15 heavy (non-hydrogen) atoms. The summed E-state index contributed by atoms with van der Waals surface area (Å²) in [7, 11) is 0. The van der Waals surface area contributed by atoms with Crippen molar-refractivity contribution in [1.29, 1.82) is 0 Å². The Hall–Kier alpha value is -0.480. The van der Waals surface area contributed by atoms with Crippen molar-refractivity contribution in [3.05, 3.63) is 0 Å². The number of ether oxygens (including phenoxy) is 1. The fourth-order valence-corrected chi connectivity index (χ4v) is 2.41. The summed E-state index contributed by atoms with van der Waals surface area (Å²) in [6.45, 7) is 7.78. The summed E-state index contributed by atoms with van der Waals surface area (Å²) in [5.41, 5.74) is 0.471. The Morgan fingerprint density at radius 1 is 1.53 bits per heavy atom. The quantitative estimate of drug-likeness (QED) is 0.506. The Bertz CT molecular complexity index is 226. The van der Waals surface area contributed by atoms with E-state index in [4.69, 9.17) is 11.2 Å². The van der Waals surface area contributed by atoms with Gasteiger partial charge in [-0.2, -0.15) is 0 Å². The normalized spacial score (nSPS) is 31.5. The van der Waals surface area contributed by atoms with Crippen molar-refractivity contribution >= 4 is 0 Å². The van der Waals surface area contributed by atoms with E-state index in [1.54, 1.807) is 0 Å². The topological polar surface area (TPSA) is 9.23 Å². The maximum absolute atomic E-state index is 5.83. The Balaban J connectivity index is 2.39. The zero-order valence-corrected chi connectivity index (χ0v) is 10.4. The first-order chi connectivity index (χ1) is 7.08. The molecule has 1 nitrogen and oxygen atoms in total. The average Bonchev–Trinajstić information content (AvgIpc) is 2.18. The molecule has 0 amide bonds. The summed E-state index contributed by atoms with van der Waals surface area (Å²) < 4.78 is 5.83. The summed E-state index contributed by atoms with van der Waals surface area (Å²) >= 11 is 0. The largest absolute Gasteiger partial charge is 0.377 e. The SMILES string of the molecule is C#CCCOC1CCCC(C)(C(C)C)C1. The van der Waals surface area contributed by atoms with Gasteiger partial charge in [0.1, 0.15) is 0 Å². The van der Waals surface area contributed by atoms with Crippen molar-refractivity contribution in [2.75, 3.05) is 6.61 Å². The van der Waals surface area contributed by atoms with Gasteiger partial charge in [0, 0.05) is 6.42 Å². The second-order valence-electron chi connectivity index (χ2n) is 5.35. The van der Waals surface area contributed by atoms with E-state index in [0.29, 0.717) is 11.5 Å². The molecular formula is C14H24O. The monoisotopic (exact) mass is 208 g/mol. The second kappa shape index (κ2) is 5.56. The Kier molecular flexibility index (Phi) is 4.67. The minimum atomic E-state index is 0.444. The fraction of sp³-hybridized carbons (Fsp3) is 0.857. The van der Waals surface area contributed by atoms with Gasteiger partial charge in [-0.3, -0.25) is 0 Å². The fourth-order valence-electron chi connectivity index (χ4n) is 2.41. The van der Waals surface area contributed by atoms with Gasteiger partial charge in [0.25, 0.3) is 0 Å². The van der Waals surface area contributed by atoms with Crippen LogP contribution in [0.4, 0.5) is 0 Å². The second-order valence-corrected chi connectivity index (χ2v) is 5.35. The molecular weight excluding hydrogens is 184 g/mol. The predicted molar refractivity (Wildman–Crippen MR) is 64.6 cm³/mol. The third-order valence-corrected chi connectivity index (χ3v) is 3.96. The molecule has 1 heteroatoms. The van der Waals surface area contributed by atoms with Crippen LogP contribution < -0.4 is 0 Å². The van der Waals surface area contributed by atoms with Crippen molar-refractivity contribution < 1.29 is 4.74 Å². The lowest BCUT2D eigenvalue weighted by Gasteiger charge is -2.41. The Morgan fingerprint density at radius 3 is 2.87 bits per heavy atom. The summed E-state index contributed by atoms with van der Waals surface area (Å²) in [5.74, 6) is 3.37. The van der Waals surface area contributed by atoms with Gasteiger partial charge in [-0.1, -0.05) is 27.2 Å². The highest BCUT2D eigenvalue weighted by atomic mass is 16.5. The molecule has 0 aromatic carbocycles. The van der Waals surface area contributed by atoms with E-state index in [1.807, 2.05) is 0 Å². The van der Waals surface area contributed by atoms with Crippen LogP contribution in [0.2, 0.25) is 0 Å². The molecule has 1 aliphatic carbocycles. The molecule has 0 aliphatic heterocycles. The number of rotatable bonds is 4.